The zero-order valence-corrected chi connectivity index (χ0v) is 11.6. The van der Waals surface area contributed by atoms with Crippen molar-refractivity contribution in [1.29, 1.82) is 0 Å². The van der Waals surface area contributed by atoms with E-state index in [1.807, 2.05) is 6.92 Å². The second-order valence-corrected chi connectivity index (χ2v) is 5.62. The molecule has 0 aliphatic rings. The van der Waals surface area contributed by atoms with Crippen molar-refractivity contribution in [2.45, 2.75) is 13.5 Å². The van der Waals surface area contributed by atoms with Crippen LogP contribution in [0.15, 0.2) is 24.3 Å². The molecule has 0 aliphatic carbocycles. The molecule has 0 saturated carbocycles. The molecule has 0 unspecified atom stereocenters. The average molecular weight is 300 g/mol. The summed E-state index contributed by atoms with van der Waals surface area (Å²) in [6.45, 7) is 2.19. The Kier molecular flexibility index (Phi) is 4.07. The Balaban J connectivity index is 2.14. The molecule has 0 amide bonds. The lowest BCUT2D eigenvalue weighted by Crippen LogP contribution is -2.02. The number of anilines is 1. The number of hydrogen-bond acceptors (Lipinski definition) is 3. The molecule has 0 spiro atoms. The standard InChI is InChI=1S/C13H11ClFNO2S/c1-7-8(5-11(19-7)13(17)18)6-16-10-4-2-3-9(14)12(10)15/h2-5,16H,6H2,1H3,(H,17,18). The number of rotatable bonds is 4. The zero-order valence-electron chi connectivity index (χ0n) is 10.0. The van der Waals surface area contributed by atoms with Gasteiger partial charge in [-0.2, -0.15) is 0 Å². The van der Waals surface area contributed by atoms with E-state index in [1.165, 1.54) is 17.4 Å². The van der Waals surface area contributed by atoms with Gasteiger partial charge in [0, 0.05) is 11.4 Å². The van der Waals surface area contributed by atoms with Crippen LogP contribution in [0.5, 0.6) is 0 Å². The number of nitrogens with one attached hydrogen (secondary N) is 1. The predicted octanol–water partition coefficient (Wildman–Crippen LogP) is 4.16. The van der Waals surface area contributed by atoms with E-state index in [4.69, 9.17) is 16.7 Å². The van der Waals surface area contributed by atoms with Gasteiger partial charge in [0.1, 0.15) is 4.88 Å². The summed E-state index contributed by atoms with van der Waals surface area (Å²) in [5.74, 6) is -1.45. The van der Waals surface area contributed by atoms with Crippen molar-refractivity contribution in [2.24, 2.45) is 0 Å². The summed E-state index contributed by atoms with van der Waals surface area (Å²) in [5, 5.41) is 11.9. The number of halogens is 2. The van der Waals surface area contributed by atoms with E-state index in [9.17, 15) is 9.18 Å². The Morgan fingerprint density at radius 1 is 1.53 bits per heavy atom. The minimum absolute atomic E-state index is 0.0539. The highest BCUT2D eigenvalue weighted by Gasteiger charge is 2.12. The molecule has 2 N–H and O–H groups in total. The molecule has 1 aromatic heterocycles. The molecule has 0 aliphatic heterocycles. The van der Waals surface area contributed by atoms with Crippen LogP contribution in [-0.4, -0.2) is 11.1 Å². The van der Waals surface area contributed by atoms with E-state index in [0.717, 1.165) is 10.4 Å². The summed E-state index contributed by atoms with van der Waals surface area (Å²) in [5.41, 5.74) is 1.14. The van der Waals surface area contributed by atoms with Crippen molar-refractivity contribution < 1.29 is 14.3 Å². The third-order valence-corrected chi connectivity index (χ3v) is 4.02. The van der Waals surface area contributed by atoms with Crippen LogP contribution in [0, 0.1) is 12.7 Å². The Morgan fingerprint density at radius 2 is 2.26 bits per heavy atom. The number of carboxylic acid groups (broad SMARTS) is 1. The molecule has 2 rings (SSSR count). The number of carboxylic acids is 1. The fourth-order valence-electron chi connectivity index (χ4n) is 1.63. The van der Waals surface area contributed by atoms with Gasteiger partial charge in [0.2, 0.25) is 0 Å². The Hall–Kier alpha value is -1.59. The van der Waals surface area contributed by atoms with E-state index < -0.39 is 11.8 Å². The van der Waals surface area contributed by atoms with Gasteiger partial charge in [-0.3, -0.25) is 0 Å². The quantitative estimate of drug-likeness (QED) is 0.891. The number of aromatic carboxylic acids is 1. The lowest BCUT2D eigenvalue weighted by atomic mass is 10.2. The first kappa shape index (κ1) is 13.8. The van der Waals surface area contributed by atoms with Gasteiger partial charge in [0.15, 0.2) is 5.82 Å². The summed E-state index contributed by atoms with van der Waals surface area (Å²) in [7, 11) is 0. The molecule has 19 heavy (non-hydrogen) atoms. The fourth-order valence-corrected chi connectivity index (χ4v) is 2.69. The summed E-state index contributed by atoms with van der Waals surface area (Å²) >= 11 is 6.89. The third-order valence-electron chi connectivity index (χ3n) is 2.65. The highest BCUT2D eigenvalue weighted by Crippen LogP contribution is 2.25. The molecule has 100 valence electrons. The largest absolute Gasteiger partial charge is 0.477 e. The van der Waals surface area contributed by atoms with Crippen LogP contribution >= 0.6 is 22.9 Å². The van der Waals surface area contributed by atoms with Gasteiger partial charge in [-0.15, -0.1) is 11.3 Å². The molecule has 0 fully saturated rings. The van der Waals surface area contributed by atoms with Gasteiger partial charge < -0.3 is 10.4 Å². The molecular weight excluding hydrogens is 289 g/mol. The first-order chi connectivity index (χ1) is 8.99. The van der Waals surface area contributed by atoms with Crippen molar-refractivity contribution >= 4 is 34.6 Å². The molecule has 2 aromatic rings. The van der Waals surface area contributed by atoms with Crippen molar-refractivity contribution in [3.63, 3.8) is 0 Å². The summed E-state index contributed by atoms with van der Waals surface area (Å²) in [4.78, 5) is 12.0. The minimum atomic E-state index is -0.951. The first-order valence-electron chi connectivity index (χ1n) is 5.49. The van der Waals surface area contributed by atoms with Gasteiger partial charge in [-0.25, -0.2) is 9.18 Å². The second kappa shape index (κ2) is 5.59. The van der Waals surface area contributed by atoms with Crippen molar-refractivity contribution in [3.8, 4) is 0 Å². The third kappa shape index (κ3) is 3.05. The molecule has 0 saturated heterocycles. The topological polar surface area (TPSA) is 49.3 Å². The summed E-state index contributed by atoms with van der Waals surface area (Å²) in [6.07, 6.45) is 0. The summed E-state index contributed by atoms with van der Waals surface area (Å²) < 4.78 is 13.7. The van der Waals surface area contributed by atoms with Crippen LogP contribution < -0.4 is 5.32 Å². The lowest BCUT2D eigenvalue weighted by molar-refractivity contribution is 0.0702. The number of aryl methyl sites for hydroxylation is 1. The van der Waals surface area contributed by atoms with E-state index in [-0.39, 0.29) is 9.90 Å². The first-order valence-corrected chi connectivity index (χ1v) is 6.69. The highest BCUT2D eigenvalue weighted by atomic mass is 35.5. The molecule has 0 bridgehead atoms. The van der Waals surface area contributed by atoms with Crippen LogP contribution in [0.25, 0.3) is 0 Å². The normalized spacial score (nSPS) is 10.5. The van der Waals surface area contributed by atoms with E-state index >= 15 is 0 Å². The number of benzene rings is 1. The van der Waals surface area contributed by atoms with Gasteiger partial charge in [-0.05, 0) is 30.7 Å². The Morgan fingerprint density at radius 3 is 2.89 bits per heavy atom. The molecule has 0 atom stereocenters. The maximum absolute atomic E-state index is 13.7. The van der Waals surface area contributed by atoms with Crippen LogP contribution in [0.3, 0.4) is 0 Å². The summed E-state index contributed by atoms with van der Waals surface area (Å²) in [6, 6.07) is 6.30. The molecular formula is C13H11ClFNO2S. The number of thiophene rings is 1. The molecule has 1 heterocycles. The maximum Gasteiger partial charge on any atom is 0.345 e. The lowest BCUT2D eigenvalue weighted by Gasteiger charge is -2.07. The van der Waals surface area contributed by atoms with E-state index in [1.54, 1.807) is 18.2 Å². The molecule has 6 heteroatoms. The molecule has 1 aromatic carbocycles. The van der Waals surface area contributed by atoms with Gasteiger partial charge >= 0.3 is 5.97 Å². The van der Waals surface area contributed by atoms with E-state index in [0.29, 0.717) is 12.2 Å². The van der Waals surface area contributed by atoms with Gasteiger partial charge in [-0.1, -0.05) is 17.7 Å². The fraction of sp³-hybridized carbons (Fsp3) is 0.154. The molecule has 3 nitrogen and oxygen atoms in total. The van der Waals surface area contributed by atoms with Gasteiger partial charge in [0.25, 0.3) is 0 Å². The maximum atomic E-state index is 13.7. The predicted molar refractivity (Wildman–Crippen MR) is 74.8 cm³/mol. The number of hydrogen-bond donors (Lipinski definition) is 2. The number of carbonyl (C=O) groups is 1. The second-order valence-electron chi connectivity index (χ2n) is 3.95. The van der Waals surface area contributed by atoms with Crippen molar-refractivity contribution in [2.75, 3.05) is 5.32 Å². The van der Waals surface area contributed by atoms with Crippen LogP contribution in [0.2, 0.25) is 5.02 Å². The van der Waals surface area contributed by atoms with Gasteiger partial charge in [0.05, 0.1) is 10.7 Å². The highest BCUT2D eigenvalue weighted by molar-refractivity contribution is 7.14. The van der Waals surface area contributed by atoms with Crippen LogP contribution in [0.1, 0.15) is 20.1 Å². The smallest absolute Gasteiger partial charge is 0.345 e. The Bertz CT molecular complexity index is 627. The molecule has 0 radical (unpaired) electrons. The van der Waals surface area contributed by atoms with Crippen molar-refractivity contribution in [1.82, 2.24) is 0 Å². The minimum Gasteiger partial charge on any atom is -0.477 e. The Labute approximate surface area is 118 Å². The zero-order chi connectivity index (χ0) is 14.0. The average Bonchev–Trinajstić information content (AvgIpc) is 2.73. The SMILES string of the molecule is Cc1sc(C(=O)O)cc1CNc1cccc(Cl)c1F. The van der Waals surface area contributed by atoms with Crippen LogP contribution in [0.4, 0.5) is 10.1 Å². The van der Waals surface area contributed by atoms with Crippen molar-refractivity contribution in [3.05, 3.63) is 50.4 Å². The van der Waals surface area contributed by atoms with Crippen LogP contribution in [-0.2, 0) is 6.54 Å². The van der Waals surface area contributed by atoms with E-state index in [2.05, 4.69) is 5.32 Å². The monoisotopic (exact) mass is 299 g/mol.